The molecule has 0 radical (unpaired) electrons. The van der Waals surface area contributed by atoms with Gasteiger partial charge in [0.2, 0.25) is 0 Å². The van der Waals surface area contributed by atoms with E-state index in [2.05, 4.69) is 16.7 Å². The maximum atomic E-state index is 10.2. The molecule has 3 aromatic carbocycles. The quantitative estimate of drug-likeness (QED) is 0.396. The summed E-state index contributed by atoms with van der Waals surface area (Å²) in [5.41, 5.74) is 3.01. The topological polar surface area (TPSA) is 25.2 Å². The monoisotopic (exact) mass is 413 g/mol. The van der Waals surface area contributed by atoms with Crippen LogP contribution in [0.3, 0.4) is 0 Å². The molecule has 2 nitrogen and oxygen atoms in total. The number of aliphatic hydroxyl groups excluding tert-OH is 1. The number of fused-ring (bicyclic) bond motifs is 1. The molecule has 1 aromatic heterocycles. The highest BCUT2D eigenvalue weighted by molar-refractivity contribution is 7.99. The van der Waals surface area contributed by atoms with Crippen LogP contribution in [0.4, 0.5) is 0 Å². The summed E-state index contributed by atoms with van der Waals surface area (Å²) in [4.78, 5) is 2.19. The number of aliphatic hydroxyl groups is 1. The highest BCUT2D eigenvalue weighted by Gasteiger charge is 2.18. The first-order valence-corrected chi connectivity index (χ1v) is 10.1. The summed E-state index contributed by atoms with van der Waals surface area (Å²) in [6.07, 6.45) is 0. The Hall–Kier alpha value is -1.91. The summed E-state index contributed by atoms with van der Waals surface area (Å²) in [5.74, 6) is 0. The van der Waals surface area contributed by atoms with Gasteiger partial charge in [-0.25, -0.2) is 0 Å². The third-order valence-corrected chi connectivity index (χ3v) is 6.10. The molecule has 5 heteroatoms. The van der Waals surface area contributed by atoms with Gasteiger partial charge < -0.3 is 9.67 Å². The first-order valence-electron chi connectivity index (χ1n) is 8.54. The highest BCUT2D eigenvalue weighted by Crippen LogP contribution is 2.39. The lowest BCUT2D eigenvalue weighted by molar-refractivity contribution is 0.269. The molecule has 0 aliphatic carbocycles. The first kappa shape index (κ1) is 18.5. The van der Waals surface area contributed by atoms with Gasteiger partial charge in [0.05, 0.1) is 17.8 Å². The molecule has 0 spiro atoms. The number of aromatic nitrogens is 1. The predicted octanol–water partition coefficient (Wildman–Crippen LogP) is 6.64. The molecule has 0 saturated carbocycles. The molecule has 136 valence electrons. The molecule has 0 saturated heterocycles. The normalized spacial score (nSPS) is 11.2. The average molecular weight is 414 g/mol. The lowest BCUT2D eigenvalue weighted by Crippen LogP contribution is -2.05. The van der Waals surface area contributed by atoms with Crippen LogP contribution in [-0.2, 0) is 13.2 Å². The smallest absolute Gasteiger partial charge is 0.0844 e. The zero-order valence-electron chi connectivity index (χ0n) is 14.4. The summed E-state index contributed by atoms with van der Waals surface area (Å²) >= 11 is 14.0. The van der Waals surface area contributed by atoms with E-state index in [9.17, 15) is 5.11 Å². The van der Waals surface area contributed by atoms with Crippen molar-refractivity contribution in [3.8, 4) is 0 Å². The fourth-order valence-corrected chi connectivity index (χ4v) is 4.57. The van der Waals surface area contributed by atoms with Crippen molar-refractivity contribution in [1.82, 2.24) is 4.57 Å². The van der Waals surface area contributed by atoms with Crippen LogP contribution in [0.1, 0.15) is 11.3 Å². The van der Waals surface area contributed by atoms with Crippen molar-refractivity contribution in [2.75, 3.05) is 0 Å². The van der Waals surface area contributed by atoms with Crippen molar-refractivity contribution in [3.63, 3.8) is 0 Å². The molecule has 0 atom stereocenters. The van der Waals surface area contributed by atoms with E-state index in [1.165, 1.54) is 0 Å². The molecule has 0 amide bonds. The molecule has 0 unspecified atom stereocenters. The standard InChI is InChI=1S/C22H17Cl2NOS/c23-16-8-6-15(7-9-16)13-25-20-12-17(24)10-11-19(20)22(21(25)14-26)27-18-4-2-1-3-5-18/h1-12,26H,13-14H2. The van der Waals surface area contributed by atoms with Crippen LogP contribution in [0.15, 0.2) is 82.6 Å². The lowest BCUT2D eigenvalue weighted by Gasteiger charge is -2.11. The maximum absolute atomic E-state index is 10.2. The van der Waals surface area contributed by atoms with Crippen molar-refractivity contribution in [3.05, 3.63) is 94.1 Å². The Morgan fingerprint density at radius 1 is 0.852 bits per heavy atom. The number of hydrogen-bond donors (Lipinski definition) is 1. The average Bonchev–Trinajstić information content (AvgIpc) is 2.96. The molecule has 1 N–H and O–H groups in total. The molecule has 0 aliphatic rings. The van der Waals surface area contributed by atoms with Gasteiger partial charge >= 0.3 is 0 Å². The summed E-state index contributed by atoms with van der Waals surface area (Å²) in [6.45, 7) is 0.592. The fourth-order valence-electron chi connectivity index (χ4n) is 3.17. The largest absolute Gasteiger partial charge is 0.390 e. The Morgan fingerprint density at radius 3 is 2.26 bits per heavy atom. The van der Waals surface area contributed by atoms with Gasteiger partial charge in [-0.1, -0.05) is 71.4 Å². The second-order valence-electron chi connectivity index (χ2n) is 6.22. The van der Waals surface area contributed by atoms with Crippen molar-refractivity contribution < 1.29 is 5.11 Å². The summed E-state index contributed by atoms with van der Waals surface area (Å²) in [5, 5.41) is 12.7. The summed E-state index contributed by atoms with van der Waals surface area (Å²) in [6, 6.07) is 23.8. The molecule has 4 aromatic rings. The Kier molecular flexibility index (Phi) is 5.46. The number of halogens is 2. The molecule has 4 rings (SSSR count). The van der Waals surface area contributed by atoms with Crippen LogP contribution in [0.25, 0.3) is 10.9 Å². The third-order valence-electron chi connectivity index (χ3n) is 4.45. The Balaban J connectivity index is 1.86. The lowest BCUT2D eigenvalue weighted by atomic mass is 10.2. The molecule has 0 fully saturated rings. The van der Waals surface area contributed by atoms with Gasteiger partial charge in [-0.2, -0.15) is 0 Å². The van der Waals surface area contributed by atoms with E-state index in [1.54, 1.807) is 11.8 Å². The van der Waals surface area contributed by atoms with E-state index in [1.807, 2.05) is 60.7 Å². The zero-order valence-corrected chi connectivity index (χ0v) is 16.7. The molecule has 0 aliphatic heterocycles. The van der Waals surface area contributed by atoms with Crippen molar-refractivity contribution in [2.24, 2.45) is 0 Å². The predicted molar refractivity (Wildman–Crippen MR) is 114 cm³/mol. The minimum absolute atomic E-state index is 0.0466. The van der Waals surface area contributed by atoms with E-state index < -0.39 is 0 Å². The summed E-state index contributed by atoms with van der Waals surface area (Å²) < 4.78 is 2.13. The minimum atomic E-state index is -0.0466. The van der Waals surface area contributed by atoms with Crippen LogP contribution >= 0.6 is 35.0 Å². The molecular formula is C22H17Cl2NOS. The first-order chi connectivity index (χ1) is 13.2. The molecule has 27 heavy (non-hydrogen) atoms. The van der Waals surface area contributed by atoms with E-state index in [4.69, 9.17) is 23.2 Å². The van der Waals surface area contributed by atoms with Gasteiger partial charge in [0.25, 0.3) is 0 Å². The van der Waals surface area contributed by atoms with Crippen molar-refractivity contribution in [2.45, 2.75) is 22.9 Å². The summed E-state index contributed by atoms with van der Waals surface area (Å²) in [7, 11) is 0. The van der Waals surface area contributed by atoms with Crippen molar-refractivity contribution in [1.29, 1.82) is 0 Å². The van der Waals surface area contributed by atoms with E-state index in [0.717, 1.165) is 32.0 Å². The van der Waals surface area contributed by atoms with Gasteiger partial charge in [-0.3, -0.25) is 0 Å². The second kappa shape index (κ2) is 7.99. The SMILES string of the molecule is OCc1c(Sc2ccccc2)c2ccc(Cl)cc2n1Cc1ccc(Cl)cc1. The van der Waals surface area contributed by atoms with Gasteiger partial charge in [-0.15, -0.1) is 0 Å². The van der Waals surface area contributed by atoms with Gasteiger partial charge in [-0.05, 0) is 42.0 Å². The molecule has 0 bridgehead atoms. The molecule has 1 heterocycles. The zero-order chi connectivity index (χ0) is 18.8. The van der Waals surface area contributed by atoms with Crippen LogP contribution in [0.5, 0.6) is 0 Å². The number of hydrogen-bond acceptors (Lipinski definition) is 2. The van der Waals surface area contributed by atoms with Gasteiger partial charge in [0, 0.05) is 31.8 Å². The Labute approximate surface area is 172 Å². The number of nitrogens with zero attached hydrogens (tertiary/aromatic N) is 1. The number of rotatable bonds is 5. The van der Waals surface area contributed by atoms with Crippen LogP contribution in [0, 0.1) is 0 Å². The van der Waals surface area contributed by atoms with Crippen LogP contribution in [0.2, 0.25) is 10.0 Å². The minimum Gasteiger partial charge on any atom is -0.390 e. The third kappa shape index (κ3) is 3.87. The highest BCUT2D eigenvalue weighted by atomic mass is 35.5. The van der Waals surface area contributed by atoms with E-state index in [-0.39, 0.29) is 6.61 Å². The van der Waals surface area contributed by atoms with E-state index >= 15 is 0 Å². The maximum Gasteiger partial charge on any atom is 0.0844 e. The Bertz CT molecular complexity index is 1080. The van der Waals surface area contributed by atoms with E-state index in [0.29, 0.717) is 16.6 Å². The Morgan fingerprint density at radius 2 is 1.56 bits per heavy atom. The fraction of sp³-hybridized carbons (Fsp3) is 0.0909. The second-order valence-corrected chi connectivity index (χ2v) is 8.18. The van der Waals surface area contributed by atoms with Gasteiger partial charge in [0.1, 0.15) is 0 Å². The van der Waals surface area contributed by atoms with Crippen LogP contribution < -0.4 is 0 Å². The van der Waals surface area contributed by atoms with Gasteiger partial charge in [0.15, 0.2) is 0 Å². The number of benzene rings is 3. The van der Waals surface area contributed by atoms with Crippen LogP contribution in [-0.4, -0.2) is 9.67 Å². The van der Waals surface area contributed by atoms with Crippen molar-refractivity contribution >= 4 is 45.9 Å². The molecular weight excluding hydrogens is 397 g/mol.